The summed E-state index contributed by atoms with van der Waals surface area (Å²) < 4.78 is 0. The summed E-state index contributed by atoms with van der Waals surface area (Å²) in [7, 11) is 0. The van der Waals surface area contributed by atoms with Crippen molar-refractivity contribution in [2.45, 2.75) is 105 Å². The number of hydrogen-bond donors (Lipinski definition) is 4. The van der Waals surface area contributed by atoms with Crippen molar-refractivity contribution in [3.8, 4) is 0 Å². The Morgan fingerprint density at radius 2 is 1.57 bits per heavy atom. The van der Waals surface area contributed by atoms with Gasteiger partial charge in [0.2, 0.25) is 0 Å². The van der Waals surface area contributed by atoms with E-state index in [0.717, 1.165) is 32.1 Å². The smallest absolute Gasteiger partial charge is 0.141 e. The third kappa shape index (κ3) is 2.99. The summed E-state index contributed by atoms with van der Waals surface area (Å²) in [5, 5.41) is 43.7. The second-order valence-corrected chi connectivity index (χ2v) is 14.9. The van der Waals surface area contributed by atoms with Crippen LogP contribution in [0.15, 0.2) is 11.6 Å². The van der Waals surface area contributed by atoms with Crippen LogP contribution in [0.25, 0.3) is 0 Å². The largest absolute Gasteiger partial charge is 0.396 e. The number of aliphatic hydroxyl groups is 4. The van der Waals surface area contributed by atoms with Crippen LogP contribution in [0.2, 0.25) is 0 Å². The number of aliphatic hydroxyl groups excluding tert-OH is 4. The zero-order chi connectivity index (χ0) is 25.8. The molecule has 0 aromatic rings. The molecule has 35 heavy (non-hydrogen) atoms. The van der Waals surface area contributed by atoms with E-state index in [0.29, 0.717) is 25.2 Å². The molecule has 198 valence electrons. The monoisotopic (exact) mass is 488 g/mol. The van der Waals surface area contributed by atoms with Gasteiger partial charge in [-0.1, -0.05) is 53.2 Å². The van der Waals surface area contributed by atoms with Crippen LogP contribution in [0.3, 0.4) is 0 Å². The molecule has 0 aliphatic heterocycles. The van der Waals surface area contributed by atoms with Crippen LogP contribution in [0, 0.1) is 50.2 Å². The minimum absolute atomic E-state index is 0.0398. The summed E-state index contributed by atoms with van der Waals surface area (Å²) in [4.78, 5) is 13.0. The van der Waals surface area contributed by atoms with Gasteiger partial charge in [0.1, 0.15) is 5.78 Å². The summed E-state index contributed by atoms with van der Waals surface area (Å²) >= 11 is 0. The number of carbonyl (C=O) groups excluding carboxylic acids is 1. The first kappa shape index (κ1) is 25.9. The Hall–Kier alpha value is -0.750. The molecule has 10 atom stereocenters. The predicted molar refractivity (Wildman–Crippen MR) is 135 cm³/mol. The Labute approximate surface area is 211 Å². The number of ketones is 1. The molecule has 0 unspecified atom stereocenters. The van der Waals surface area contributed by atoms with E-state index in [1.165, 1.54) is 5.57 Å². The van der Waals surface area contributed by atoms with Crippen molar-refractivity contribution >= 4 is 5.78 Å². The maximum Gasteiger partial charge on any atom is 0.141 e. The molecule has 0 amide bonds. The van der Waals surface area contributed by atoms with Crippen LogP contribution < -0.4 is 0 Å². The van der Waals surface area contributed by atoms with Gasteiger partial charge in [-0.2, -0.15) is 0 Å². The second kappa shape index (κ2) is 7.65. The molecule has 0 aromatic carbocycles. The van der Waals surface area contributed by atoms with E-state index in [9.17, 15) is 25.2 Å². The Balaban J connectivity index is 1.61. The molecule has 4 saturated carbocycles. The molecule has 5 aliphatic rings. The van der Waals surface area contributed by atoms with E-state index in [2.05, 4.69) is 40.7 Å². The van der Waals surface area contributed by atoms with E-state index in [-0.39, 0.29) is 52.5 Å². The highest BCUT2D eigenvalue weighted by molar-refractivity contribution is 5.86. The highest BCUT2D eigenvalue weighted by Crippen LogP contribution is 2.75. The van der Waals surface area contributed by atoms with E-state index < -0.39 is 23.0 Å². The first-order valence-corrected chi connectivity index (χ1v) is 14.0. The van der Waals surface area contributed by atoms with Gasteiger partial charge < -0.3 is 20.4 Å². The van der Waals surface area contributed by atoms with Crippen molar-refractivity contribution in [3.05, 3.63) is 11.6 Å². The normalized spacial score (nSPS) is 55.2. The molecule has 5 nitrogen and oxygen atoms in total. The fraction of sp³-hybridized carbons (Fsp3) is 0.900. The molecule has 0 spiro atoms. The number of allylic oxidation sites excluding steroid dienone is 2. The van der Waals surface area contributed by atoms with E-state index in [1.54, 1.807) is 0 Å². The molecule has 5 rings (SSSR count). The Morgan fingerprint density at radius 3 is 2.20 bits per heavy atom. The molecule has 5 heteroatoms. The van der Waals surface area contributed by atoms with E-state index in [1.807, 2.05) is 6.92 Å². The minimum atomic E-state index is -0.683. The highest BCUT2D eigenvalue weighted by atomic mass is 16.3. The van der Waals surface area contributed by atoms with Gasteiger partial charge >= 0.3 is 0 Å². The van der Waals surface area contributed by atoms with Gasteiger partial charge in [0, 0.05) is 11.8 Å². The summed E-state index contributed by atoms with van der Waals surface area (Å²) in [6.07, 6.45) is 7.31. The zero-order valence-corrected chi connectivity index (χ0v) is 22.7. The van der Waals surface area contributed by atoms with Crippen LogP contribution in [0.1, 0.15) is 92.9 Å². The fourth-order valence-electron chi connectivity index (χ4n) is 10.5. The number of fused-ring (bicyclic) bond motifs is 7. The van der Waals surface area contributed by atoms with Crippen LogP contribution in [0.5, 0.6) is 0 Å². The fourth-order valence-corrected chi connectivity index (χ4v) is 10.5. The number of carbonyl (C=O) groups is 1. The van der Waals surface area contributed by atoms with Crippen LogP contribution in [-0.4, -0.2) is 51.6 Å². The lowest BCUT2D eigenvalue weighted by Crippen LogP contribution is -2.68. The quantitative estimate of drug-likeness (QED) is 0.435. The average molecular weight is 489 g/mol. The molecular formula is C30H48O5. The lowest BCUT2D eigenvalue weighted by atomic mass is 9.33. The molecule has 4 fully saturated rings. The molecule has 4 N–H and O–H groups in total. The van der Waals surface area contributed by atoms with Crippen LogP contribution in [0.4, 0.5) is 0 Å². The van der Waals surface area contributed by atoms with Crippen molar-refractivity contribution in [1.29, 1.82) is 0 Å². The lowest BCUT2D eigenvalue weighted by molar-refractivity contribution is -0.217. The van der Waals surface area contributed by atoms with E-state index in [4.69, 9.17) is 0 Å². The van der Waals surface area contributed by atoms with Gasteiger partial charge in [0.15, 0.2) is 0 Å². The van der Waals surface area contributed by atoms with Crippen molar-refractivity contribution in [1.82, 2.24) is 0 Å². The maximum absolute atomic E-state index is 13.0. The number of hydrogen-bond acceptors (Lipinski definition) is 5. The first-order valence-electron chi connectivity index (χ1n) is 14.0. The van der Waals surface area contributed by atoms with Gasteiger partial charge in [-0.05, 0) is 84.4 Å². The summed E-state index contributed by atoms with van der Waals surface area (Å²) in [6.45, 7) is 13.2. The van der Waals surface area contributed by atoms with Gasteiger partial charge in [0.25, 0.3) is 0 Å². The summed E-state index contributed by atoms with van der Waals surface area (Å²) in [5.41, 5.74) is -0.505. The first-order chi connectivity index (χ1) is 16.2. The SMILES string of the molecule is CC1(C)C[C@H]2C3=CC[C@@H]4[C@@]5(C)CCC(=O)[C@@](C)(CO)[C@@H]5CC[C@@]4(C)[C@]3(C)C[C@H](O)[C@@]2(CO)C[C@@H]1O. The van der Waals surface area contributed by atoms with Gasteiger partial charge in [-0.3, -0.25) is 4.79 Å². The van der Waals surface area contributed by atoms with Gasteiger partial charge in [0.05, 0.1) is 30.8 Å². The topological polar surface area (TPSA) is 98.0 Å². The van der Waals surface area contributed by atoms with Crippen molar-refractivity contribution in [3.63, 3.8) is 0 Å². The van der Waals surface area contributed by atoms with Gasteiger partial charge in [-0.25, -0.2) is 0 Å². The molecular weight excluding hydrogens is 440 g/mol. The predicted octanol–water partition coefficient (Wildman–Crippen LogP) is 4.26. The summed E-state index contributed by atoms with van der Waals surface area (Å²) in [6, 6.07) is 0. The third-order valence-corrected chi connectivity index (χ3v) is 13.2. The molecule has 0 saturated heterocycles. The highest BCUT2D eigenvalue weighted by Gasteiger charge is 2.70. The Kier molecular flexibility index (Phi) is 5.65. The second-order valence-electron chi connectivity index (χ2n) is 14.9. The van der Waals surface area contributed by atoms with Crippen LogP contribution >= 0.6 is 0 Å². The number of rotatable bonds is 2. The Bertz CT molecular complexity index is 941. The zero-order valence-electron chi connectivity index (χ0n) is 22.7. The van der Waals surface area contributed by atoms with Crippen molar-refractivity contribution < 1.29 is 25.2 Å². The van der Waals surface area contributed by atoms with Crippen molar-refractivity contribution in [2.75, 3.05) is 13.2 Å². The van der Waals surface area contributed by atoms with Gasteiger partial charge in [-0.15, -0.1) is 0 Å². The standard InChI is InChI=1S/C30H48O5/c1-25(2)13-19-18-7-8-21-26(3)11-10-22(33)27(4,16-31)20(26)9-12-28(21,5)29(18,6)14-24(35)30(19,17-32)15-23(25)34/h7,19-21,23-24,31-32,34-35H,8-17H2,1-6H3/t19-,20+,21+,23-,24-,26-,27-,28+,29+,30+/m0/s1. The molecule has 0 radical (unpaired) electrons. The minimum Gasteiger partial charge on any atom is -0.396 e. The molecule has 0 heterocycles. The average Bonchev–Trinajstić information content (AvgIpc) is 2.78. The third-order valence-electron chi connectivity index (χ3n) is 13.2. The Morgan fingerprint density at radius 1 is 0.886 bits per heavy atom. The van der Waals surface area contributed by atoms with Crippen molar-refractivity contribution in [2.24, 2.45) is 50.2 Å². The van der Waals surface area contributed by atoms with Crippen LogP contribution in [-0.2, 0) is 4.79 Å². The lowest BCUT2D eigenvalue weighted by Gasteiger charge is -2.71. The maximum atomic E-state index is 13.0. The number of Topliss-reactive ketones (excluding diaryl/α,β-unsaturated/α-hetero) is 1. The van der Waals surface area contributed by atoms with E-state index >= 15 is 0 Å². The summed E-state index contributed by atoms with van der Waals surface area (Å²) in [5.74, 6) is 0.816. The molecule has 5 aliphatic carbocycles. The molecule has 0 aromatic heterocycles. The molecule has 0 bridgehead atoms.